The van der Waals surface area contributed by atoms with Crippen molar-refractivity contribution in [2.75, 3.05) is 0 Å². The Kier molecular flexibility index (Phi) is 5.13. The third-order valence-electron chi connectivity index (χ3n) is 1.41. The molecule has 1 rings (SSSR count). The van der Waals surface area contributed by atoms with Gasteiger partial charge in [-0.05, 0) is 42.6 Å². The zero-order chi connectivity index (χ0) is 10.4. The molecule has 0 bridgehead atoms. The summed E-state index contributed by atoms with van der Waals surface area (Å²) in [4.78, 5) is 0.804. The maximum absolute atomic E-state index is 8.88. The average Bonchev–Trinajstić information content (AvgIpc) is 2.25. The highest BCUT2D eigenvalue weighted by molar-refractivity contribution is 9.23. The first-order valence-corrected chi connectivity index (χ1v) is 7.95. The maximum Gasteiger partial charge on any atom is 0.102 e. The van der Waals surface area contributed by atoms with Gasteiger partial charge in [-0.15, -0.1) is 0 Å². The van der Waals surface area contributed by atoms with Crippen LogP contribution >= 0.6 is 42.1 Å². The van der Waals surface area contributed by atoms with Gasteiger partial charge >= 0.3 is 0 Å². The molecule has 0 fully saturated rings. The van der Waals surface area contributed by atoms with E-state index in [0.717, 1.165) is 4.90 Å². The van der Waals surface area contributed by atoms with Crippen LogP contribution in [0.15, 0.2) is 23.1 Å². The van der Waals surface area contributed by atoms with Gasteiger partial charge in [0.25, 0.3) is 0 Å². The molecule has 0 aromatic heterocycles. The second-order valence-corrected chi connectivity index (χ2v) is 6.94. The zero-order valence-corrected chi connectivity index (χ0v) is 10.1. The minimum atomic E-state index is 0.419. The summed E-state index contributed by atoms with van der Waals surface area (Å²) in [7, 11) is 4.19. The molecule has 0 unspecified atom stereocenters. The van der Waals surface area contributed by atoms with Crippen LogP contribution in [0.2, 0.25) is 0 Å². The van der Waals surface area contributed by atoms with E-state index in [1.54, 1.807) is 12.1 Å². The van der Waals surface area contributed by atoms with Gasteiger partial charge in [-0.25, -0.2) is 0 Å². The van der Waals surface area contributed by atoms with Crippen LogP contribution in [0.3, 0.4) is 0 Å². The van der Waals surface area contributed by atoms with Gasteiger partial charge in [-0.2, -0.15) is 10.5 Å². The largest absolute Gasteiger partial charge is 0.192 e. The highest BCUT2D eigenvalue weighted by Gasteiger charge is 2.07. The lowest BCUT2D eigenvalue weighted by atomic mass is 10.1. The molecule has 14 heavy (non-hydrogen) atoms. The van der Waals surface area contributed by atoms with E-state index in [4.69, 9.17) is 10.5 Å². The van der Waals surface area contributed by atoms with Crippen LogP contribution in [0.1, 0.15) is 11.1 Å². The van der Waals surface area contributed by atoms with Gasteiger partial charge in [-0.3, -0.25) is 0 Å². The van der Waals surface area contributed by atoms with Crippen molar-refractivity contribution in [1.82, 2.24) is 0 Å². The van der Waals surface area contributed by atoms with Gasteiger partial charge < -0.3 is 0 Å². The Morgan fingerprint density at radius 3 is 2.57 bits per heavy atom. The van der Waals surface area contributed by atoms with Gasteiger partial charge in [0.05, 0.1) is 11.1 Å². The Labute approximate surface area is 98.7 Å². The zero-order valence-electron chi connectivity index (χ0n) is 6.80. The molecular formula is C8H4N2S4. The van der Waals surface area contributed by atoms with E-state index in [1.165, 1.54) is 30.4 Å². The summed E-state index contributed by atoms with van der Waals surface area (Å²) in [6.07, 6.45) is 0. The fraction of sp³-hybridized carbons (Fsp3) is 0. The molecule has 0 saturated heterocycles. The minimum absolute atomic E-state index is 0.419. The summed E-state index contributed by atoms with van der Waals surface area (Å²) in [6.45, 7) is 0. The number of benzene rings is 1. The van der Waals surface area contributed by atoms with Gasteiger partial charge in [0.1, 0.15) is 12.1 Å². The first-order valence-electron chi connectivity index (χ1n) is 3.41. The number of rotatable bonds is 3. The Bertz CT molecular complexity index is 405. The van der Waals surface area contributed by atoms with Crippen molar-refractivity contribution >= 4 is 42.1 Å². The van der Waals surface area contributed by atoms with Gasteiger partial charge in [0, 0.05) is 4.90 Å². The monoisotopic (exact) mass is 256 g/mol. The third kappa shape index (κ3) is 2.79. The van der Waals surface area contributed by atoms with E-state index in [2.05, 4.69) is 11.7 Å². The van der Waals surface area contributed by atoms with Crippen LogP contribution < -0.4 is 0 Å². The molecule has 1 aromatic rings. The lowest BCUT2D eigenvalue weighted by Crippen LogP contribution is -1.85. The predicted octanol–water partition coefficient (Wildman–Crippen LogP) is 3.66. The SMILES string of the molecule is N#Cc1cccc(SSSS)c1C#N. The second kappa shape index (κ2) is 6.15. The predicted molar refractivity (Wildman–Crippen MR) is 65.9 cm³/mol. The van der Waals surface area contributed by atoms with E-state index in [9.17, 15) is 0 Å². The minimum Gasteiger partial charge on any atom is -0.192 e. The number of thiol groups is 1. The van der Waals surface area contributed by atoms with Gasteiger partial charge in [-0.1, -0.05) is 17.7 Å². The Morgan fingerprint density at radius 1 is 1.21 bits per heavy atom. The van der Waals surface area contributed by atoms with Crippen LogP contribution in [0.5, 0.6) is 0 Å². The molecule has 0 N–H and O–H groups in total. The summed E-state index contributed by atoms with van der Waals surface area (Å²) < 4.78 is 0. The number of nitrogens with zero attached hydrogens (tertiary/aromatic N) is 2. The molecule has 0 aliphatic carbocycles. The molecule has 70 valence electrons. The van der Waals surface area contributed by atoms with Crippen molar-refractivity contribution in [3.8, 4) is 12.1 Å². The quantitative estimate of drug-likeness (QED) is 0.660. The van der Waals surface area contributed by atoms with Crippen molar-refractivity contribution in [1.29, 1.82) is 10.5 Å². The average molecular weight is 256 g/mol. The molecule has 0 heterocycles. The highest BCUT2D eigenvalue weighted by Crippen LogP contribution is 2.43. The number of hydrogen-bond acceptors (Lipinski definition) is 6. The molecule has 0 amide bonds. The first kappa shape index (κ1) is 11.7. The molecular weight excluding hydrogens is 252 g/mol. The lowest BCUT2D eigenvalue weighted by molar-refractivity contribution is 1.34. The Morgan fingerprint density at radius 2 is 2.00 bits per heavy atom. The van der Waals surface area contributed by atoms with Gasteiger partial charge in [0.15, 0.2) is 0 Å². The molecule has 1 aromatic carbocycles. The summed E-state index contributed by atoms with van der Waals surface area (Å²) in [5.74, 6) is 0. The summed E-state index contributed by atoms with van der Waals surface area (Å²) in [5, 5.41) is 17.6. The molecule has 0 aliphatic heterocycles. The first-order chi connectivity index (χ1) is 6.83. The second-order valence-electron chi connectivity index (χ2n) is 2.13. The molecule has 0 aliphatic rings. The maximum atomic E-state index is 8.88. The number of hydrogen-bond donors (Lipinski definition) is 1. The van der Waals surface area contributed by atoms with E-state index in [-0.39, 0.29) is 0 Å². The van der Waals surface area contributed by atoms with Crippen LogP contribution in [0, 0.1) is 22.7 Å². The Hall–Kier alpha value is -0.400. The van der Waals surface area contributed by atoms with Crippen LogP contribution in [0.4, 0.5) is 0 Å². The summed E-state index contributed by atoms with van der Waals surface area (Å²) in [5.41, 5.74) is 0.858. The van der Waals surface area contributed by atoms with E-state index >= 15 is 0 Å². The number of nitriles is 2. The van der Waals surface area contributed by atoms with E-state index in [1.807, 2.05) is 18.2 Å². The molecule has 0 saturated carbocycles. The van der Waals surface area contributed by atoms with Crippen LogP contribution in [0.25, 0.3) is 0 Å². The van der Waals surface area contributed by atoms with Gasteiger partial charge in [0.2, 0.25) is 0 Å². The molecule has 0 radical (unpaired) electrons. The fourth-order valence-corrected chi connectivity index (χ4v) is 3.82. The molecule has 0 spiro atoms. The molecule has 0 atom stereocenters. The highest BCUT2D eigenvalue weighted by atomic mass is 33.7. The normalized spacial score (nSPS) is 9.07. The lowest BCUT2D eigenvalue weighted by Gasteiger charge is -2.01. The van der Waals surface area contributed by atoms with Crippen molar-refractivity contribution in [3.63, 3.8) is 0 Å². The van der Waals surface area contributed by atoms with Crippen molar-refractivity contribution in [2.24, 2.45) is 0 Å². The molecule has 2 nitrogen and oxygen atoms in total. The fourth-order valence-electron chi connectivity index (χ4n) is 0.861. The van der Waals surface area contributed by atoms with Crippen molar-refractivity contribution < 1.29 is 0 Å². The van der Waals surface area contributed by atoms with Crippen LogP contribution in [-0.2, 0) is 0 Å². The van der Waals surface area contributed by atoms with Crippen LogP contribution in [-0.4, -0.2) is 0 Å². The van der Waals surface area contributed by atoms with Crippen molar-refractivity contribution in [3.05, 3.63) is 29.3 Å². The smallest absolute Gasteiger partial charge is 0.102 e. The molecule has 6 heteroatoms. The Balaban J connectivity index is 3.06. The van der Waals surface area contributed by atoms with Crippen molar-refractivity contribution in [2.45, 2.75) is 4.90 Å². The standard InChI is InChI=1S/C8H4N2S4/c9-4-6-2-1-3-8(7(6)5-10)12-14-13-11/h1-3,11H. The topological polar surface area (TPSA) is 47.6 Å². The third-order valence-corrected chi connectivity index (χ3v) is 5.79. The van der Waals surface area contributed by atoms with E-state index < -0.39 is 0 Å². The summed E-state index contributed by atoms with van der Waals surface area (Å²) >= 11 is 3.97. The van der Waals surface area contributed by atoms with E-state index in [0.29, 0.717) is 11.1 Å². The summed E-state index contributed by atoms with van der Waals surface area (Å²) in [6, 6.07) is 9.26.